The third kappa shape index (κ3) is 2.78. The van der Waals surface area contributed by atoms with E-state index in [0.29, 0.717) is 31.0 Å². The Morgan fingerprint density at radius 3 is 2.47 bits per heavy atom. The third-order valence-corrected chi connectivity index (χ3v) is 5.10. The van der Waals surface area contributed by atoms with Crippen LogP contribution < -0.4 is 5.73 Å². The number of aliphatic hydroxyl groups is 1. The van der Waals surface area contributed by atoms with Crippen LogP contribution in [-0.4, -0.2) is 65.7 Å². The van der Waals surface area contributed by atoms with Crippen LogP contribution in [0, 0.1) is 11.8 Å². The highest BCUT2D eigenvalue weighted by molar-refractivity contribution is 5.78. The monoisotopic (exact) mass is 267 g/mol. The summed E-state index contributed by atoms with van der Waals surface area (Å²) in [4.78, 5) is 16.5. The topological polar surface area (TPSA) is 69.8 Å². The summed E-state index contributed by atoms with van der Waals surface area (Å²) in [7, 11) is 0. The van der Waals surface area contributed by atoms with E-state index < -0.39 is 0 Å². The second-order valence-electron chi connectivity index (χ2n) is 6.50. The molecule has 1 unspecified atom stereocenters. The van der Waals surface area contributed by atoms with E-state index in [1.165, 1.54) is 12.8 Å². The SMILES string of the molecule is NC1[C@@H]2CC[C@H]1CN(C(=O)CN1CCC[C@H](O)C1)C2. The molecule has 2 bridgehead atoms. The molecule has 4 atom stereocenters. The van der Waals surface area contributed by atoms with Crippen LogP contribution >= 0.6 is 0 Å². The Kier molecular flexibility index (Phi) is 3.78. The number of β-amino-alcohol motifs (C(OH)–C–C–N with tert-alkyl or cyclic N) is 1. The Labute approximate surface area is 114 Å². The van der Waals surface area contributed by atoms with Crippen molar-refractivity contribution in [3.63, 3.8) is 0 Å². The quantitative estimate of drug-likeness (QED) is 0.717. The van der Waals surface area contributed by atoms with Gasteiger partial charge in [-0.15, -0.1) is 0 Å². The van der Waals surface area contributed by atoms with Gasteiger partial charge in [-0.05, 0) is 44.1 Å². The van der Waals surface area contributed by atoms with Crippen LogP contribution in [-0.2, 0) is 4.79 Å². The van der Waals surface area contributed by atoms with Gasteiger partial charge >= 0.3 is 0 Å². The van der Waals surface area contributed by atoms with Crippen LogP contribution in [0.3, 0.4) is 0 Å². The van der Waals surface area contributed by atoms with Gasteiger partial charge in [0.1, 0.15) is 0 Å². The van der Waals surface area contributed by atoms with Gasteiger partial charge in [0.15, 0.2) is 0 Å². The summed E-state index contributed by atoms with van der Waals surface area (Å²) in [6, 6.07) is 0.306. The summed E-state index contributed by atoms with van der Waals surface area (Å²) in [6.45, 7) is 3.72. The molecule has 108 valence electrons. The molecular weight excluding hydrogens is 242 g/mol. The predicted octanol–water partition coefficient (Wildman–Crippen LogP) is -0.361. The highest BCUT2D eigenvalue weighted by Crippen LogP contribution is 2.35. The summed E-state index contributed by atoms with van der Waals surface area (Å²) >= 11 is 0. The molecule has 3 rings (SSSR count). The van der Waals surface area contributed by atoms with E-state index in [0.717, 1.165) is 32.5 Å². The fraction of sp³-hybridized carbons (Fsp3) is 0.929. The Bertz CT molecular complexity index is 336. The molecule has 0 radical (unpaired) electrons. The third-order valence-electron chi connectivity index (χ3n) is 5.10. The molecule has 3 N–H and O–H groups in total. The van der Waals surface area contributed by atoms with Gasteiger partial charge in [-0.2, -0.15) is 0 Å². The van der Waals surface area contributed by atoms with Gasteiger partial charge < -0.3 is 15.7 Å². The number of piperidine rings is 2. The van der Waals surface area contributed by atoms with E-state index in [2.05, 4.69) is 4.90 Å². The average molecular weight is 267 g/mol. The molecule has 19 heavy (non-hydrogen) atoms. The van der Waals surface area contributed by atoms with Crippen molar-refractivity contribution in [2.75, 3.05) is 32.7 Å². The van der Waals surface area contributed by atoms with Crippen LogP contribution in [0.2, 0.25) is 0 Å². The van der Waals surface area contributed by atoms with Crippen LogP contribution in [0.15, 0.2) is 0 Å². The van der Waals surface area contributed by atoms with Crippen molar-refractivity contribution in [1.82, 2.24) is 9.80 Å². The lowest BCUT2D eigenvalue weighted by Crippen LogP contribution is -2.53. The summed E-state index contributed by atoms with van der Waals surface area (Å²) in [5.74, 6) is 1.24. The summed E-state index contributed by atoms with van der Waals surface area (Å²) in [5, 5.41) is 9.65. The lowest BCUT2D eigenvalue weighted by atomic mass is 9.93. The smallest absolute Gasteiger partial charge is 0.236 e. The molecule has 3 fully saturated rings. The second kappa shape index (κ2) is 5.38. The number of hydrogen-bond acceptors (Lipinski definition) is 4. The zero-order chi connectivity index (χ0) is 13.4. The van der Waals surface area contributed by atoms with Crippen molar-refractivity contribution in [3.8, 4) is 0 Å². The first kappa shape index (κ1) is 13.3. The largest absolute Gasteiger partial charge is 0.392 e. The van der Waals surface area contributed by atoms with Crippen LogP contribution in [0.25, 0.3) is 0 Å². The van der Waals surface area contributed by atoms with E-state index >= 15 is 0 Å². The van der Waals surface area contributed by atoms with Crippen LogP contribution in [0.5, 0.6) is 0 Å². The van der Waals surface area contributed by atoms with Gasteiger partial charge in [0, 0.05) is 25.7 Å². The molecular formula is C14H25N3O2. The average Bonchev–Trinajstić information content (AvgIpc) is 2.62. The minimum absolute atomic E-state index is 0.220. The molecule has 0 aromatic carbocycles. The molecule has 5 nitrogen and oxygen atoms in total. The van der Waals surface area contributed by atoms with Gasteiger partial charge in [-0.25, -0.2) is 0 Å². The van der Waals surface area contributed by atoms with Crippen LogP contribution in [0.4, 0.5) is 0 Å². The highest BCUT2D eigenvalue weighted by Gasteiger charge is 2.41. The van der Waals surface area contributed by atoms with E-state index in [1.54, 1.807) is 0 Å². The highest BCUT2D eigenvalue weighted by atomic mass is 16.3. The molecule has 1 saturated carbocycles. The molecule has 2 saturated heterocycles. The number of aliphatic hydroxyl groups excluding tert-OH is 1. The number of hydrogen-bond donors (Lipinski definition) is 2. The molecule has 0 aromatic heterocycles. The van der Waals surface area contributed by atoms with Crippen molar-refractivity contribution in [2.45, 2.75) is 37.8 Å². The van der Waals surface area contributed by atoms with Crippen molar-refractivity contribution in [3.05, 3.63) is 0 Å². The van der Waals surface area contributed by atoms with Gasteiger partial charge in [-0.1, -0.05) is 0 Å². The molecule has 2 aliphatic heterocycles. The molecule has 0 spiro atoms. The van der Waals surface area contributed by atoms with Gasteiger partial charge in [0.05, 0.1) is 12.6 Å². The Morgan fingerprint density at radius 1 is 1.16 bits per heavy atom. The Morgan fingerprint density at radius 2 is 1.84 bits per heavy atom. The summed E-state index contributed by atoms with van der Waals surface area (Å²) < 4.78 is 0. The predicted molar refractivity (Wildman–Crippen MR) is 72.5 cm³/mol. The molecule has 1 amide bonds. The van der Waals surface area contributed by atoms with Crippen molar-refractivity contribution in [2.24, 2.45) is 17.6 Å². The molecule has 5 heteroatoms. The fourth-order valence-corrected chi connectivity index (χ4v) is 3.93. The number of fused-ring (bicyclic) bond motifs is 2. The number of carbonyl (C=O) groups excluding carboxylic acids is 1. The lowest BCUT2D eigenvalue weighted by Gasteiger charge is -2.38. The Hall–Kier alpha value is -0.650. The van der Waals surface area contributed by atoms with E-state index in [1.807, 2.05) is 4.90 Å². The number of amides is 1. The standard InChI is InChI=1S/C14H25N3O2/c15-14-10-3-4-11(14)7-17(6-10)13(19)9-16-5-1-2-12(18)8-16/h10-12,14,18H,1-9,15H2/t10-,11+,12-,14?/m0/s1. The molecule has 0 aromatic rings. The zero-order valence-corrected chi connectivity index (χ0v) is 11.5. The first-order chi connectivity index (χ1) is 9.13. The van der Waals surface area contributed by atoms with E-state index in [-0.39, 0.29) is 12.0 Å². The van der Waals surface area contributed by atoms with Gasteiger partial charge in [0.2, 0.25) is 5.91 Å². The number of rotatable bonds is 2. The number of nitrogens with zero attached hydrogens (tertiary/aromatic N) is 2. The molecule has 2 heterocycles. The maximum Gasteiger partial charge on any atom is 0.236 e. The lowest BCUT2D eigenvalue weighted by molar-refractivity contribution is -0.135. The van der Waals surface area contributed by atoms with Crippen molar-refractivity contribution < 1.29 is 9.90 Å². The zero-order valence-electron chi connectivity index (χ0n) is 11.5. The molecule has 1 aliphatic carbocycles. The fourth-order valence-electron chi connectivity index (χ4n) is 3.93. The summed E-state index contributed by atoms with van der Waals surface area (Å²) in [6.07, 6.45) is 3.96. The first-order valence-electron chi connectivity index (χ1n) is 7.57. The van der Waals surface area contributed by atoms with E-state index in [4.69, 9.17) is 5.73 Å². The van der Waals surface area contributed by atoms with Crippen molar-refractivity contribution in [1.29, 1.82) is 0 Å². The summed E-state index contributed by atoms with van der Waals surface area (Å²) in [5.41, 5.74) is 6.17. The second-order valence-corrected chi connectivity index (χ2v) is 6.50. The first-order valence-corrected chi connectivity index (χ1v) is 7.57. The van der Waals surface area contributed by atoms with Crippen LogP contribution in [0.1, 0.15) is 25.7 Å². The minimum Gasteiger partial charge on any atom is -0.392 e. The number of likely N-dealkylation sites (tertiary alicyclic amines) is 2. The van der Waals surface area contributed by atoms with Gasteiger partial charge in [0.25, 0.3) is 0 Å². The Balaban J connectivity index is 1.53. The van der Waals surface area contributed by atoms with Crippen molar-refractivity contribution >= 4 is 5.91 Å². The maximum absolute atomic E-state index is 12.4. The molecule has 3 aliphatic rings. The number of nitrogens with two attached hydrogens (primary N) is 1. The number of carbonyl (C=O) groups is 1. The van der Waals surface area contributed by atoms with E-state index in [9.17, 15) is 9.90 Å². The van der Waals surface area contributed by atoms with Gasteiger partial charge in [-0.3, -0.25) is 9.69 Å². The normalized spacial score (nSPS) is 39.6. The maximum atomic E-state index is 12.4. The minimum atomic E-state index is -0.257.